The van der Waals surface area contributed by atoms with E-state index in [-0.39, 0.29) is 36.2 Å². The Morgan fingerprint density at radius 1 is 1.27 bits per heavy atom. The highest BCUT2D eigenvalue weighted by molar-refractivity contribution is 5.99. The number of ketones is 1. The fourth-order valence-corrected chi connectivity index (χ4v) is 3.82. The summed E-state index contributed by atoms with van der Waals surface area (Å²) in [6.07, 6.45) is 0.109. The topological polar surface area (TPSA) is 99.8 Å². The molecule has 2 fully saturated rings. The summed E-state index contributed by atoms with van der Waals surface area (Å²) in [5.41, 5.74) is 1.51. The average Bonchev–Trinajstić information content (AvgIpc) is 3.05. The predicted molar refractivity (Wildman–Crippen MR) is 115 cm³/mol. The van der Waals surface area contributed by atoms with Gasteiger partial charge in [0.1, 0.15) is 18.7 Å². The lowest BCUT2D eigenvalue weighted by molar-refractivity contribution is -0.127. The van der Waals surface area contributed by atoms with Gasteiger partial charge in [-0.15, -0.1) is 0 Å². The van der Waals surface area contributed by atoms with Crippen molar-refractivity contribution in [2.24, 2.45) is 5.92 Å². The van der Waals surface area contributed by atoms with Crippen LogP contribution in [0.2, 0.25) is 0 Å². The summed E-state index contributed by atoms with van der Waals surface area (Å²) in [5, 5.41) is 8.94. The van der Waals surface area contributed by atoms with Crippen molar-refractivity contribution in [2.75, 3.05) is 37.7 Å². The molecule has 3 atom stereocenters. The molecular formula is C22H32N4O4. The van der Waals surface area contributed by atoms with Crippen LogP contribution in [0.3, 0.4) is 0 Å². The molecule has 1 aromatic rings. The van der Waals surface area contributed by atoms with Gasteiger partial charge >= 0.3 is 0 Å². The van der Waals surface area contributed by atoms with Crippen LogP contribution in [0.4, 0.5) is 5.69 Å². The Balaban J connectivity index is 1.69. The number of nitrogens with zero attached hydrogens (tertiary/aromatic N) is 1. The predicted octanol–water partition coefficient (Wildman–Crippen LogP) is 0.713. The fourth-order valence-electron chi connectivity index (χ4n) is 3.82. The molecule has 0 saturated carbocycles. The number of carbonyl (C=O) groups excluding carboxylic acids is 3. The molecule has 2 aliphatic rings. The molecule has 30 heavy (non-hydrogen) atoms. The van der Waals surface area contributed by atoms with Gasteiger partial charge in [-0.05, 0) is 37.5 Å². The van der Waals surface area contributed by atoms with Crippen LogP contribution in [0.25, 0.3) is 0 Å². The summed E-state index contributed by atoms with van der Waals surface area (Å²) in [6.45, 7) is 9.34. The first-order valence-corrected chi connectivity index (χ1v) is 10.7. The SMILES string of the molecule is CC(C)C[C@H](NC(=O)c1cccc(N2CCNCC2)c1)C(=O)N[C@H]1C(=O)CO[C@@H]1C. The Bertz CT molecular complexity index is 776. The minimum atomic E-state index is -0.721. The molecule has 3 rings (SSSR count). The molecular weight excluding hydrogens is 384 g/mol. The number of anilines is 1. The molecule has 1 aromatic carbocycles. The Labute approximate surface area is 177 Å². The maximum absolute atomic E-state index is 12.9. The zero-order chi connectivity index (χ0) is 21.7. The second kappa shape index (κ2) is 10.0. The number of Topliss-reactive ketones (excluding diaryl/α,β-unsaturated/α-hetero) is 1. The van der Waals surface area contributed by atoms with E-state index in [0.29, 0.717) is 12.0 Å². The van der Waals surface area contributed by atoms with Crippen molar-refractivity contribution in [1.29, 1.82) is 0 Å². The lowest BCUT2D eigenvalue weighted by Crippen LogP contribution is -2.53. The molecule has 8 nitrogen and oxygen atoms in total. The van der Waals surface area contributed by atoms with E-state index in [4.69, 9.17) is 4.74 Å². The molecule has 2 aliphatic heterocycles. The zero-order valence-corrected chi connectivity index (χ0v) is 17.9. The second-order valence-corrected chi connectivity index (χ2v) is 8.41. The lowest BCUT2D eigenvalue weighted by Gasteiger charge is -2.29. The third kappa shape index (κ3) is 5.58. The van der Waals surface area contributed by atoms with Crippen molar-refractivity contribution in [1.82, 2.24) is 16.0 Å². The van der Waals surface area contributed by atoms with Gasteiger partial charge in [-0.1, -0.05) is 19.9 Å². The van der Waals surface area contributed by atoms with Crippen molar-refractivity contribution in [3.63, 3.8) is 0 Å². The minimum absolute atomic E-state index is 0.00608. The van der Waals surface area contributed by atoms with E-state index < -0.39 is 12.1 Å². The van der Waals surface area contributed by atoms with Crippen LogP contribution in [0.15, 0.2) is 24.3 Å². The Morgan fingerprint density at radius 3 is 2.63 bits per heavy atom. The van der Waals surface area contributed by atoms with E-state index in [1.54, 1.807) is 13.0 Å². The van der Waals surface area contributed by atoms with Crippen LogP contribution in [0.1, 0.15) is 37.6 Å². The summed E-state index contributed by atoms with van der Waals surface area (Å²) in [5.74, 6) is -0.601. The van der Waals surface area contributed by atoms with Gasteiger partial charge in [0.15, 0.2) is 5.78 Å². The van der Waals surface area contributed by atoms with E-state index in [1.807, 2.05) is 32.0 Å². The molecule has 8 heteroatoms. The third-order valence-corrected chi connectivity index (χ3v) is 5.52. The number of amides is 2. The summed E-state index contributed by atoms with van der Waals surface area (Å²) >= 11 is 0. The highest BCUT2D eigenvalue weighted by Gasteiger charge is 2.35. The maximum Gasteiger partial charge on any atom is 0.252 e. The van der Waals surface area contributed by atoms with Crippen molar-refractivity contribution in [2.45, 2.75) is 45.4 Å². The van der Waals surface area contributed by atoms with Crippen molar-refractivity contribution >= 4 is 23.3 Å². The van der Waals surface area contributed by atoms with Gasteiger partial charge in [-0.3, -0.25) is 14.4 Å². The molecule has 3 N–H and O–H groups in total. The average molecular weight is 417 g/mol. The summed E-state index contributed by atoms with van der Waals surface area (Å²) in [4.78, 5) is 40.0. The van der Waals surface area contributed by atoms with Crippen LogP contribution in [0.5, 0.6) is 0 Å². The lowest BCUT2D eigenvalue weighted by atomic mass is 10.0. The van der Waals surface area contributed by atoms with Crippen molar-refractivity contribution < 1.29 is 19.1 Å². The monoisotopic (exact) mass is 416 g/mol. The van der Waals surface area contributed by atoms with Gasteiger partial charge in [0, 0.05) is 37.4 Å². The van der Waals surface area contributed by atoms with Crippen LogP contribution in [-0.4, -0.2) is 68.6 Å². The van der Waals surface area contributed by atoms with Gasteiger partial charge in [0.2, 0.25) is 5.91 Å². The van der Waals surface area contributed by atoms with Gasteiger partial charge in [0.05, 0.1) is 6.10 Å². The highest BCUT2D eigenvalue weighted by atomic mass is 16.5. The van der Waals surface area contributed by atoms with Gasteiger partial charge in [-0.25, -0.2) is 0 Å². The molecule has 164 valence electrons. The van der Waals surface area contributed by atoms with Gasteiger partial charge < -0.3 is 25.6 Å². The van der Waals surface area contributed by atoms with E-state index >= 15 is 0 Å². The maximum atomic E-state index is 12.9. The molecule has 2 saturated heterocycles. The number of benzene rings is 1. The van der Waals surface area contributed by atoms with Crippen molar-refractivity contribution in [3.05, 3.63) is 29.8 Å². The minimum Gasteiger partial charge on any atom is -0.369 e. The molecule has 0 radical (unpaired) electrons. The normalized spacial score (nSPS) is 22.8. The first kappa shape index (κ1) is 22.2. The number of hydrogen-bond acceptors (Lipinski definition) is 6. The fraction of sp³-hybridized carbons (Fsp3) is 0.591. The Kier molecular flexibility index (Phi) is 7.44. The number of carbonyl (C=O) groups is 3. The standard InChI is InChI=1S/C22H32N4O4/c1-14(2)11-18(22(29)25-20-15(3)30-13-19(20)27)24-21(28)16-5-4-6-17(12-16)26-9-7-23-8-10-26/h4-6,12,14-15,18,20,23H,7-11,13H2,1-3H3,(H,24,28)(H,25,29)/t15-,18+,20-/m1/s1. The largest absolute Gasteiger partial charge is 0.369 e. The first-order valence-electron chi connectivity index (χ1n) is 10.7. The van der Waals surface area contributed by atoms with Crippen LogP contribution in [0, 0.1) is 5.92 Å². The Hall–Kier alpha value is -2.45. The quantitative estimate of drug-likeness (QED) is 0.606. The highest BCUT2D eigenvalue weighted by Crippen LogP contribution is 2.18. The van der Waals surface area contributed by atoms with Crippen molar-refractivity contribution in [3.8, 4) is 0 Å². The summed E-state index contributed by atoms with van der Waals surface area (Å²) in [6, 6.07) is 6.08. The number of piperazine rings is 1. The smallest absolute Gasteiger partial charge is 0.252 e. The third-order valence-electron chi connectivity index (χ3n) is 5.52. The molecule has 2 amide bonds. The molecule has 0 aliphatic carbocycles. The van der Waals surface area contributed by atoms with Crippen LogP contribution >= 0.6 is 0 Å². The summed E-state index contributed by atoms with van der Waals surface area (Å²) < 4.78 is 5.30. The molecule has 0 bridgehead atoms. The number of nitrogens with one attached hydrogen (secondary N) is 3. The zero-order valence-electron chi connectivity index (χ0n) is 17.9. The van der Waals surface area contributed by atoms with E-state index in [2.05, 4.69) is 20.9 Å². The molecule has 0 aromatic heterocycles. The second-order valence-electron chi connectivity index (χ2n) is 8.41. The number of ether oxygens (including phenoxy) is 1. The summed E-state index contributed by atoms with van der Waals surface area (Å²) in [7, 11) is 0. The number of rotatable bonds is 7. The van der Waals surface area contributed by atoms with Crippen LogP contribution in [-0.2, 0) is 14.3 Å². The van der Waals surface area contributed by atoms with E-state index in [0.717, 1.165) is 31.9 Å². The van der Waals surface area contributed by atoms with E-state index in [1.165, 1.54) is 0 Å². The molecule has 0 unspecified atom stereocenters. The van der Waals surface area contributed by atoms with Gasteiger partial charge in [-0.2, -0.15) is 0 Å². The van der Waals surface area contributed by atoms with E-state index in [9.17, 15) is 14.4 Å². The Morgan fingerprint density at radius 2 is 2.00 bits per heavy atom. The van der Waals surface area contributed by atoms with Gasteiger partial charge in [0.25, 0.3) is 5.91 Å². The number of hydrogen-bond donors (Lipinski definition) is 3. The van der Waals surface area contributed by atoms with Crippen LogP contribution < -0.4 is 20.9 Å². The molecule has 0 spiro atoms. The molecule has 2 heterocycles. The first-order chi connectivity index (χ1) is 14.3.